The lowest BCUT2D eigenvalue weighted by Crippen LogP contribution is -2.19. The van der Waals surface area contributed by atoms with Gasteiger partial charge in [-0.15, -0.1) is 11.8 Å². The Kier molecular flexibility index (Phi) is 6.57. The van der Waals surface area contributed by atoms with Crippen molar-refractivity contribution in [1.29, 1.82) is 0 Å². The van der Waals surface area contributed by atoms with Gasteiger partial charge in [0.15, 0.2) is 5.78 Å². The molecule has 176 valence electrons. The van der Waals surface area contributed by atoms with Crippen LogP contribution in [0.3, 0.4) is 0 Å². The molecule has 3 heterocycles. The van der Waals surface area contributed by atoms with E-state index in [0.29, 0.717) is 16.2 Å². The molecule has 5 rings (SSSR count). The number of carbonyl (C=O) groups excluding carboxylic acids is 3. The van der Waals surface area contributed by atoms with Gasteiger partial charge in [0.05, 0.1) is 23.7 Å². The minimum atomic E-state index is -0.729. The van der Waals surface area contributed by atoms with Crippen LogP contribution in [-0.2, 0) is 20.7 Å². The molecule has 6 nitrogen and oxygen atoms in total. The summed E-state index contributed by atoms with van der Waals surface area (Å²) < 4.78 is 16.1. The highest BCUT2D eigenvalue weighted by atomic mass is 32.2. The Hall–Kier alpha value is -3.62. The van der Waals surface area contributed by atoms with Gasteiger partial charge in [-0.25, -0.2) is 9.59 Å². The number of rotatable bonds is 6. The molecule has 8 heteroatoms. The van der Waals surface area contributed by atoms with Crippen molar-refractivity contribution in [1.82, 2.24) is 0 Å². The number of thioether (sulfide) groups is 1. The van der Waals surface area contributed by atoms with Crippen LogP contribution in [0.25, 0.3) is 4.91 Å². The molecule has 2 aliphatic rings. The predicted octanol–water partition coefficient (Wildman–Crippen LogP) is 5.75. The molecule has 0 fully saturated rings. The molecule has 1 atom stereocenters. The summed E-state index contributed by atoms with van der Waals surface area (Å²) in [6, 6.07) is 13.7. The van der Waals surface area contributed by atoms with E-state index in [1.165, 1.54) is 47.4 Å². The van der Waals surface area contributed by atoms with E-state index in [0.717, 1.165) is 23.1 Å². The summed E-state index contributed by atoms with van der Waals surface area (Å²) in [5.41, 5.74) is 2.98. The van der Waals surface area contributed by atoms with Gasteiger partial charge in [-0.2, -0.15) is 11.3 Å². The first-order chi connectivity index (χ1) is 17.0. The Bertz CT molecular complexity index is 1350. The molecule has 0 bridgehead atoms. The average molecular weight is 505 g/mol. The van der Waals surface area contributed by atoms with Gasteiger partial charge in [-0.05, 0) is 83.3 Å². The van der Waals surface area contributed by atoms with Crippen LogP contribution in [-0.4, -0.2) is 24.3 Å². The molecule has 2 aromatic carbocycles. The summed E-state index contributed by atoms with van der Waals surface area (Å²) >= 11 is 2.83. The van der Waals surface area contributed by atoms with Crippen LogP contribution in [0.1, 0.15) is 39.2 Å². The molecule has 0 N–H and O–H groups in total. The zero-order chi connectivity index (χ0) is 24.4. The number of thiophene rings is 1. The van der Waals surface area contributed by atoms with Gasteiger partial charge in [0.25, 0.3) is 0 Å². The molecule has 2 aliphatic heterocycles. The van der Waals surface area contributed by atoms with E-state index < -0.39 is 17.2 Å². The number of allylic oxidation sites excluding steroid dienone is 1. The number of Topliss-reactive ketones (excluding diaryl/α,β-unsaturated/α-hetero) is 1. The minimum Gasteiger partial charge on any atom is -0.465 e. The average Bonchev–Trinajstić information content (AvgIpc) is 3.52. The zero-order valence-corrected chi connectivity index (χ0v) is 20.3. The second kappa shape index (κ2) is 9.93. The number of carbonyl (C=O) groups is 3. The maximum Gasteiger partial charge on any atom is 0.348 e. The van der Waals surface area contributed by atoms with Crippen molar-refractivity contribution < 1.29 is 28.6 Å². The third kappa shape index (κ3) is 4.67. The Morgan fingerprint density at radius 3 is 2.66 bits per heavy atom. The van der Waals surface area contributed by atoms with Gasteiger partial charge in [-0.3, -0.25) is 4.79 Å². The lowest BCUT2D eigenvalue weighted by atomic mass is 9.99. The first kappa shape index (κ1) is 23.1. The number of fused-ring (bicyclic) bond motifs is 1. The van der Waals surface area contributed by atoms with E-state index in [4.69, 9.17) is 14.2 Å². The lowest BCUT2D eigenvalue weighted by molar-refractivity contribution is -0.132. The van der Waals surface area contributed by atoms with E-state index in [1.807, 2.05) is 41.1 Å². The summed E-state index contributed by atoms with van der Waals surface area (Å²) in [4.78, 5) is 39.2. The van der Waals surface area contributed by atoms with E-state index in [9.17, 15) is 14.4 Å². The smallest absolute Gasteiger partial charge is 0.348 e. The zero-order valence-electron chi connectivity index (χ0n) is 18.7. The molecule has 0 aliphatic carbocycles. The number of benzene rings is 2. The van der Waals surface area contributed by atoms with Gasteiger partial charge < -0.3 is 14.2 Å². The number of ketones is 1. The molecule has 0 amide bonds. The minimum absolute atomic E-state index is 0.0198. The SMILES string of the molecule is CCOC(=O)c1ccc(OC(=O)C2=C(c3ccsc3)SC(c3ccc4c(c3)OC=CC4)C2=O)cc1. The fourth-order valence-corrected chi connectivity index (χ4v) is 5.86. The van der Waals surface area contributed by atoms with Gasteiger partial charge in [0.1, 0.15) is 17.1 Å². The Morgan fingerprint density at radius 2 is 1.91 bits per heavy atom. The number of ether oxygens (including phenoxy) is 3. The Balaban J connectivity index is 1.42. The van der Waals surface area contributed by atoms with E-state index in [1.54, 1.807) is 13.2 Å². The van der Waals surface area contributed by atoms with E-state index in [2.05, 4.69) is 0 Å². The Labute approximate surface area is 210 Å². The second-order valence-electron chi connectivity index (χ2n) is 7.77. The van der Waals surface area contributed by atoms with Crippen LogP contribution in [0.15, 0.2) is 77.2 Å². The molecule has 0 radical (unpaired) electrons. The third-order valence-corrected chi connectivity index (χ3v) is 7.61. The molecule has 3 aromatic rings. The van der Waals surface area contributed by atoms with Crippen molar-refractivity contribution in [2.24, 2.45) is 0 Å². The highest BCUT2D eigenvalue weighted by Gasteiger charge is 2.40. The third-order valence-electron chi connectivity index (χ3n) is 5.53. The van der Waals surface area contributed by atoms with Crippen molar-refractivity contribution in [3.05, 3.63) is 99.5 Å². The van der Waals surface area contributed by atoms with Crippen LogP contribution in [0, 0.1) is 0 Å². The maximum atomic E-state index is 13.5. The summed E-state index contributed by atoms with van der Waals surface area (Å²) in [6.45, 7) is 1.99. The second-order valence-corrected chi connectivity index (χ2v) is 9.67. The first-order valence-electron chi connectivity index (χ1n) is 11.0. The van der Waals surface area contributed by atoms with Gasteiger partial charge in [0, 0.05) is 4.91 Å². The first-order valence-corrected chi connectivity index (χ1v) is 12.8. The molecule has 1 unspecified atom stereocenters. The Morgan fingerprint density at radius 1 is 1.09 bits per heavy atom. The predicted molar refractivity (Wildman–Crippen MR) is 135 cm³/mol. The molecule has 0 saturated heterocycles. The fraction of sp³-hybridized carbons (Fsp3) is 0.148. The summed E-state index contributed by atoms with van der Waals surface area (Å²) in [7, 11) is 0. The topological polar surface area (TPSA) is 78.9 Å². The van der Waals surface area contributed by atoms with Crippen molar-refractivity contribution in [2.45, 2.75) is 18.6 Å². The number of esters is 2. The normalized spacial score (nSPS) is 16.6. The number of hydrogen-bond donors (Lipinski definition) is 0. The largest absolute Gasteiger partial charge is 0.465 e. The quantitative estimate of drug-likeness (QED) is 0.240. The molecule has 0 saturated carbocycles. The van der Waals surface area contributed by atoms with Crippen LogP contribution in [0.5, 0.6) is 11.5 Å². The van der Waals surface area contributed by atoms with Crippen LogP contribution < -0.4 is 9.47 Å². The maximum absolute atomic E-state index is 13.5. The lowest BCUT2D eigenvalue weighted by Gasteiger charge is -2.15. The molecule has 35 heavy (non-hydrogen) atoms. The highest BCUT2D eigenvalue weighted by molar-refractivity contribution is 8.09. The van der Waals surface area contributed by atoms with Crippen molar-refractivity contribution in [2.75, 3.05) is 6.61 Å². The summed E-state index contributed by atoms with van der Waals surface area (Å²) in [5, 5.41) is 3.22. The molecule has 1 aromatic heterocycles. The van der Waals surface area contributed by atoms with Crippen LogP contribution >= 0.6 is 23.1 Å². The van der Waals surface area contributed by atoms with E-state index in [-0.39, 0.29) is 23.7 Å². The van der Waals surface area contributed by atoms with Crippen LogP contribution in [0.4, 0.5) is 0 Å². The van der Waals surface area contributed by atoms with Crippen molar-refractivity contribution in [3.63, 3.8) is 0 Å². The highest BCUT2D eigenvalue weighted by Crippen LogP contribution is 2.51. The van der Waals surface area contributed by atoms with Gasteiger partial charge >= 0.3 is 11.9 Å². The molecular weight excluding hydrogens is 484 g/mol. The molecule has 0 spiro atoms. The van der Waals surface area contributed by atoms with Crippen molar-refractivity contribution >= 4 is 45.7 Å². The molecular formula is C27H20O6S2. The summed E-state index contributed by atoms with van der Waals surface area (Å²) in [5.74, 6) is -0.547. The van der Waals surface area contributed by atoms with Crippen molar-refractivity contribution in [3.8, 4) is 11.5 Å². The van der Waals surface area contributed by atoms with Crippen LogP contribution in [0.2, 0.25) is 0 Å². The number of hydrogen-bond acceptors (Lipinski definition) is 8. The van der Waals surface area contributed by atoms with Gasteiger partial charge in [0.2, 0.25) is 0 Å². The summed E-state index contributed by atoms with van der Waals surface area (Å²) in [6.07, 6.45) is 4.34. The standard InChI is InChI=1S/C27H20O6S2/c1-2-31-26(29)17-7-9-20(10-8-17)33-27(30)22-23(28)25(35-24(22)19-11-13-34-15-19)18-6-5-16-4-3-12-32-21(16)14-18/h3,5-15,25H,2,4H2,1H3. The van der Waals surface area contributed by atoms with Gasteiger partial charge in [-0.1, -0.05) is 12.1 Å². The monoisotopic (exact) mass is 504 g/mol. The van der Waals surface area contributed by atoms with E-state index >= 15 is 0 Å². The fourth-order valence-electron chi connectivity index (χ4n) is 3.83.